The number of rotatable bonds is 2. The van der Waals surface area contributed by atoms with Crippen LogP contribution in [0.15, 0.2) is 28.9 Å². The number of nitrogens with zero attached hydrogens (tertiary/aromatic N) is 3. The van der Waals surface area contributed by atoms with Crippen molar-refractivity contribution >= 4 is 34.2 Å². The molecule has 0 amide bonds. The summed E-state index contributed by atoms with van der Waals surface area (Å²) >= 11 is 5.82. The highest BCUT2D eigenvalue weighted by Gasteiger charge is 2.08. The minimum atomic E-state index is 0.396. The third-order valence-electron chi connectivity index (χ3n) is 2.69. The maximum atomic E-state index is 5.82. The van der Waals surface area contributed by atoms with E-state index in [9.17, 15) is 0 Å². The highest BCUT2D eigenvalue weighted by atomic mass is 35.5. The second-order valence-corrected chi connectivity index (χ2v) is 4.61. The Balaban J connectivity index is 2.01. The van der Waals surface area contributed by atoms with Crippen LogP contribution in [0.1, 0.15) is 11.5 Å². The van der Waals surface area contributed by atoms with Crippen LogP contribution in [0.4, 0.5) is 11.5 Å². The van der Waals surface area contributed by atoms with Crippen molar-refractivity contribution in [2.75, 3.05) is 5.32 Å². The first kappa shape index (κ1) is 11.9. The first-order valence-electron chi connectivity index (χ1n) is 5.74. The summed E-state index contributed by atoms with van der Waals surface area (Å²) in [5.74, 6) is 1.29. The van der Waals surface area contributed by atoms with E-state index >= 15 is 0 Å². The molecule has 0 radical (unpaired) electrons. The minimum absolute atomic E-state index is 0.396. The summed E-state index contributed by atoms with van der Waals surface area (Å²) in [5, 5.41) is 3.57. The van der Waals surface area contributed by atoms with E-state index in [2.05, 4.69) is 20.3 Å². The van der Waals surface area contributed by atoms with Gasteiger partial charge in [0.05, 0.1) is 0 Å². The van der Waals surface area contributed by atoms with Gasteiger partial charge in [-0.2, -0.15) is 0 Å². The standard InChI is InChI=1S/C13H11ClN4O/c1-7-3-9(4-10-13(7)19-8(2)17-10)18-12-5-11(14)15-6-16-12/h3-6H,1-2H3,(H,15,16,18). The van der Waals surface area contributed by atoms with Crippen molar-refractivity contribution in [2.24, 2.45) is 0 Å². The van der Waals surface area contributed by atoms with Gasteiger partial charge in [-0.15, -0.1) is 0 Å². The van der Waals surface area contributed by atoms with E-state index in [0.29, 0.717) is 16.9 Å². The lowest BCUT2D eigenvalue weighted by molar-refractivity contribution is 0.559. The monoisotopic (exact) mass is 274 g/mol. The molecule has 5 nitrogen and oxygen atoms in total. The Hall–Kier alpha value is -2.14. The van der Waals surface area contributed by atoms with Crippen molar-refractivity contribution in [1.82, 2.24) is 15.0 Å². The number of oxazole rings is 1. The predicted octanol–water partition coefficient (Wildman–Crippen LogP) is 3.63. The lowest BCUT2D eigenvalue weighted by Gasteiger charge is -2.06. The van der Waals surface area contributed by atoms with Crippen LogP contribution in [-0.2, 0) is 0 Å². The molecule has 0 fully saturated rings. The fraction of sp³-hybridized carbons (Fsp3) is 0.154. The van der Waals surface area contributed by atoms with Gasteiger partial charge in [-0.05, 0) is 24.6 Å². The molecular weight excluding hydrogens is 264 g/mol. The fourth-order valence-electron chi connectivity index (χ4n) is 1.93. The summed E-state index contributed by atoms with van der Waals surface area (Å²) < 4.78 is 5.54. The Morgan fingerprint density at radius 2 is 2.00 bits per heavy atom. The molecule has 0 aliphatic heterocycles. The average Bonchev–Trinajstić information content (AvgIpc) is 2.70. The van der Waals surface area contributed by atoms with Gasteiger partial charge in [-0.1, -0.05) is 11.6 Å². The Kier molecular flexibility index (Phi) is 2.83. The summed E-state index contributed by atoms with van der Waals surface area (Å²) in [5.41, 5.74) is 3.53. The maximum Gasteiger partial charge on any atom is 0.192 e. The zero-order chi connectivity index (χ0) is 13.4. The van der Waals surface area contributed by atoms with E-state index in [4.69, 9.17) is 16.0 Å². The summed E-state index contributed by atoms with van der Waals surface area (Å²) in [4.78, 5) is 12.3. The van der Waals surface area contributed by atoms with Crippen LogP contribution in [0.5, 0.6) is 0 Å². The first-order chi connectivity index (χ1) is 9.11. The van der Waals surface area contributed by atoms with Crippen LogP contribution in [0, 0.1) is 13.8 Å². The second-order valence-electron chi connectivity index (χ2n) is 4.23. The SMILES string of the molecule is Cc1nc2cc(Nc3cc(Cl)ncn3)cc(C)c2o1. The normalized spacial score (nSPS) is 10.9. The number of anilines is 2. The topological polar surface area (TPSA) is 63.8 Å². The third kappa shape index (κ3) is 2.37. The summed E-state index contributed by atoms with van der Waals surface area (Å²) in [6.45, 7) is 3.81. The number of aryl methyl sites for hydroxylation is 2. The van der Waals surface area contributed by atoms with Crippen molar-refractivity contribution < 1.29 is 4.42 Å². The van der Waals surface area contributed by atoms with Crippen molar-refractivity contribution in [1.29, 1.82) is 0 Å². The molecule has 1 N–H and O–H groups in total. The van der Waals surface area contributed by atoms with Crippen LogP contribution in [-0.4, -0.2) is 15.0 Å². The van der Waals surface area contributed by atoms with E-state index in [1.807, 2.05) is 26.0 Å². The van der Waals surface area contributed by atoms with E-state index in [1.165, 1.54) is 6.33 Å². The molecule has 2 aromatic heterocycles. The molecule has 2 heterocycles. The Morgan fingerprint density at radius 3 is 2.79 bits per heavy atom. The summed E-state index contributed by atoms with van der Waals surface area (Å²) in [6, 6.07) is 5.55. The summed E-state index contributed by atoms with van der Waals surface area (Å²) in [7, 11) is 0. The Labute approximate surface area is 114 Å². The molecule has 0 atom stereocenters. The van der Waals surface area contributed by atoms with Gasteiger partial charge in [0.25, 0.3) is 0 Å². The molecule has 3 aromatic rings. The lowest BCUT2D eigenvalue weighted by atomic mass is 10.2. The van der Waals surface area contributed by atoms with Crippen molar-refractivity contribution in [2.45, 2.75) is 13.8 Å². The smallest absolute Gasteiger partial charge is 0.192 e. The van der Waals surface area contributed by atoms with Gasteiger partial charge in [0.15, 0.2) is 11.5 Å². The highest BCUT2D eigenvalue weighted by Crippen LogP contribution is 2.26. The number of hydrogen-bond acceptors (Lipinski definition) is 5. The van der Waals surface area contributed by atoms with Crippen LogP contribution >= 0.6 is 11.6 Å². The van der Waals surface area contributed by atoms with Crippen molar-refractivity contribution in [3.05, 3.63) is 41.1 Å². The highest BCUT2D eigenvalue weighted by molar-refractivity contribution is 6.29. The molecule has 0 saturated heterocycles. The molecule has 0 spiro atoms. The Morgan fingerprint density at radius 1 is 1.16 bits per heavy atom. The van der Waals surface area contributed by atoms with Gasteiger partial charge in [0.2, 0.25) is 0 Å². The first-order valence-corrected chi connectivity index (χ1v) is 6.12. The molecule has 0 unspecified atom stereocenters. The molecule has 3 rings (SSSR count). The van der Waals surface area contributed by atoms with Crippen LogP contribution in [0.25, 0.3) is 11.1 Å². The lowest BCUT2D eigenvalue weighted by Crippen LogP contribution is -1.94. The van der Waals surface area contributed by atoms with E-state index in [-0.39, 0.29) is 0 Å². The van der Waals surface area contributed by atoms with Crippen LogP contribution in [0.2, 0.25) is 5.15 Å². The average molecular weight is 275 g/mol. The zero-order valence-corrected chi connectivity index (χ0v) is 11.2. The molecule has 0 aliphatic carbocycles. The fourth-order valence-corrected chi connectivity index (χ4v) is 2.08. The molecular formula is C13H11ClN4O. The molecule has 0 bridgehead atoms. The number of benzene rings is 1. The van der Waals surface area contributed by atoms with Crippen molar-refractivity contribution in [3.63, 3.8) is 0 Å². The Bertz CT molecular complexity index is 753. The molecule has 0 saturated carbocycles. The molecule has 96 valence electrons. The molecule has 6 heteroatoms. The van der Waals surface area contributed by atoms with Gasteiger partial charge >= 0.3 is 0 Å². The van der Waals surface area contributed by atoms with Gasteiger partial charge in [-0.3, -0.25) is 0 Å². The number of fused-ring (bicyclic) bond motifs is 1. The van der Waals surface area contributed by atoms with Crippen molar-refractivity contribution in [3.8, 4) is 0 Å². The zero-order valence-electron chi connectivity index (χ0n) is 10.4. The van der Waals surface area contributed by atoms with Crippen LogP contribution < -0.4 is 5.32 Å². The number of aromatic nitrogens is 3. The second kappa shape index (κ2) is 4.51. The van der Waals surface area contributed by atoms with Crippen LogP contribution in [0.3, 0.4) is 0 Å². The quantitative estimate of drug-likeness (QED) is 0.723. The number of hydrogen-bond donors (Lipinski definition) is 1. The van der Waals surface area contributed by atoms with Gasteiger partial charge in [0, 0.05) is 18.7 Å². The predicted molar refractivity (Wildman–Crippen MR) is 73.8 cm³/mol. The summed E-state index contributed by atoms with van der Waals surface area (Å²) in [6.07, 6.45) is 1.41. The largest absolute Gasteiger partial charge is 0.441 e. The minimum Gasteiger partial charge on any atom is -0.441 e. The molecule has 19 heavy (non-hydrogen) atoms. The third-order valence-corrected chi connectivity index (χ3v) is 2.90. The van der Waals surface area contributed by atoms with E-state index in [1.54, 1.807) is 6.07 Å². The van der Waals surface area contributed by atoms with E-state index in [0.717, 1.165) is 22.4 Å². The molecule has 0 aliphatic rings. The van der Waals surface area contributed by atoms with Gasteiger partial charge in [-0.25, -0.2) is 15.0 Å². The number of nitrogens with one attached hydrogen (secondary N) is 1. The number of halogens is 1. The maximum absolute atomic E-state index is 5.82. The van der Waals surface area contributed by atoms with E-state index < -0.39 is 0 Å². The molecule has 1 aromatic carbocycles. The van der Waals surface area contributed by atoms with Gasteiger partial charge in [0.1, 0.15) is 22.8 Å². The van der Waals surface area contributed by atoms with Gasteiger partial charge < -0.3 is 9.73 Å².